The van der Waals surface area contributed by atoms with E-state index < -0.39 is 0 Å². The van der Waals surface area contributed by atoms with E-state index in [4.69, 9.17) is 0 Å². The van der Waals surface area contributed by atoms with Gasteiger partial charge in [0, 0.05) is 6.54 Å². The SMILES string of the molecule is CCC1(CNCc2nnnn2-c2ccccc2)CC1. The molecule has 1 aliphatic carbocycles. The van der Waals surface area contributed by atoms with Gasteiger partial charge in [0.25, 0.3) is 0 Å². The second-order valence-electron chi connectivity index (χ2n) is 5.30. The van der Waals surface area contributed by atoms with Crippen molar-refractivity contribution in [3.8, 4) is 5.69 Å². The number of nitrogens with one attached hydrogen (secondary N) is 1. The topological polar surface area (TPSA) is 55.6 Å². The van der Waals surface area contributed by atoms with Gasteiger partial charge in [0.05, 0.1) is 12.2 Å². The van der Waals surface area contributed by atoms with Crippen molar-refractivity contribution in [2.75, 3.05) is 6.54 Å². The lowest BCUT2D eigenvalue weighted by Crippen LogP contribution is -2.24. The molecule has 1 aliphatic rings. The molecule has 2 aromatic rings. The molecule has 1 fully saturated rings. The lowest BCUT2D eigenvalue weighted by molar-refractivity contribution is 0.438. The maximum atomic E-state index is 4.10. The van der Waals surface area contributed by atoms with E-state index >= 15 is 0 Å². The van der Waals surface area contributed by atoms with Gasteiger partial charge in [0.15, 0.2) is 5.82 Å². The van der Waals surface area contributed by atoms with Crippen LogP contribution in [-0.2, 0) is 6.54 Å². The van der Waals surface area contributed by atoms with Crippen LogP contribution in [0.3, 0.4) is 0 Å². The first-order chi connectivity index (χ1) is 9.33. The van der Waals surface area contributed by atoms with Crippen molar-refractivity contribution in [3.63, 3.8) is 0 Å². The fourth-order valence-corrected chi connectivity index (χ4v) is 2.36. The predicted octanol–water partition coefficient (Wildman–Crippen LogP) is 1.94. The number of para-hydroxylation sites is 1. The molecule has 1 heterocycles. The van der Waals surface area contributed by atoms with Crippen LogP contribution in [0.4, 0.5) is 0 Å². The third kappa shape index (κ3) is 2.66. The molecule has 5 nitrogen and oxygen atoms in total. The first-order valence-electron chi connectivity index (χ1n) is 6.86. The molecule has 0 saturated heterocycles. The molecular weight excluding hydrogens is 238 g/mol. The van der Waals surface area contributed by atoms with E-state index in [0.29, 0.717) is 12.0 Å². The molecular formula is C14H19N5. The van der Waals surface area contributed by atoms with Crippen LogP contribution in [0.5, 0.6) is 0 Å². The van der Waals surface area contributed by atoms with Crippen LogP contribution in [0.15, 0.2) is 30.3 Å². The molecule has 1 N–H and O–H groups in total. The van der Waals surface area contributed by atoms with Crippen molar-refractivity contribution in [3.05, 3.63) is 36.2 Å². The van der Waals surface area contributed by atoms with Crippen LogP contribution in [0.2, 0.25) is 0 Å². The minimum Gasteiger partial charge on any atom is -0.309 e. The third-order valence-electron chi connectivity index (χ3n) is 4.03. The summed E-state index contributed by atoms with van der Waals surface area (Å²) in [5, 5.41) is 15.4. The normalized spacial score (nSPS) is 16.5. The number of tetrazole rings is 1. The number of rotatable bonds is 6. The quantitative estimate of drug-likeness (QED) is 0.859. The van der Waals surface area contributed by atoms with Crippen LogP contribution >= 0.6 is 0 Å². The van der Waals surface area contributed by atoms with E-state index in [-0.39, 0.29) is 0 Å². The summed E-state index contributed by atoms with van der Waals surface area (Å²) in [6.45, 7) is 4.04. The summed E-state index contributed by atoms with van der Waals surface area (Å²) in [5.74, 6) is 0.859. The van der Waals surface area contributed by atoms with Crippen LogP contribution in [0.25, 0.3) is 5.69 Å². The van der Waals surface area contributed by atoms with Crippen LogP contribution in [-0.4, -0.2) is 26.8 Å². The van der Waals surface area contributed by atoms with Crippen molar-refractivity contribution in [1.29, 1.82) is 0 Å². The number of aromatic nitrogens is 4. The summed E-state index contributed by atoms with van der Waals surface area (Å²) in [7, 11) is 0. The highest BCUT2D eigenvalue weighted by Crippen LogP contribution is 2.47. The summed E-state index contributed by atoms with van der Waals surface area (Å²) in [4.78, 5) is 0. The molecule has 1 saturated carbocycles. The van der Waals surface area contributed by atoms with Gasteiger partial charge in [-0.3, -0.25) is 0 Å². The Kier molecular flexibility index (Phi) is 3.29. The zero-order valence-electron chi connectivity index (χ0n) is 11.2. The van der Waals surface area contributed by atoms with Gasteiger partial charge in [-0.05, 0) is 47.2 Å². The average molecular weight is 257 g/mol. The summed E-state index contributed by atoms with van der Waals surface area (Å²) in [6, 6.07) is 9.99. The molecule has 5 heteroatoms. The highest BCUT2D eigenvalue weighted by atomic mass is 15.5. The second-order valence-corrected chi connectivity index (χ2v) is 5.30. The Morgan fingerprint density at radius 3 is 2.74 bits per heavy atom. The van der Waals surface area contributed by atoms with E-state index in [9.17, 15) is 0 Å². The van der Waals surface area contributed by atoms with Crippen molar-refractivity contribution in [2.24, 2.45) is 5.41 Å². The summed E-state index contributed by atoms with van der Waals surface area (Å²) < 4.78 is 1.79. The van der Waals surface area contributed by atoms with Gasteiger partial charge in [0.1, 0.15) is 0 Å². The average Bonchev–Trinajstić information content (AvgIpc) is 3.09. The zero-order valence-corrected chi connectivity index (χ0v) is 11.2. The van der Waals surface area contributed by atoms with Crippen LogP contribution < -0.4 is 5.32 Å². The molecule has 0 bridgehead atoms. The van der Waals surface area contributed by atoms with Gasteiger partial charge >= 0.3 is 0 Å². The fraction of sp³-hybridized carbons (Fsp3) is 0.500. The molecule has 1 aromatic heterocycles. The van der Waals surface area contributed by atoms with E-state index in [2.05, 4.69) is 27.8 Å². The van der Waals surface area contributed by atoms with Crippen molar-refractivity contribution >= 4 is 0 Å². The molecule has 0 atom stereocenters. The van der Waals surface area contributed by atoms with Crippen molar-refractivity contribution in [1.82, 2.24) is 25.5 Å². The molecule has 0 spiro atoms. The van der Waals surface area contributed by atoms with E-state index in [1.807, 2.05) is 30.3 Å². The highest BCUT2D eigenvalue weighted by molar-refractivity contribution is 5.30. The number of hydrogen-bond acceptors (Lipinski definition) is 4. The fourth-order valence-electron chi connectivity index (χ4n) is 2.36. The Bertz CT molecular complexity index is 530. The van der Waals surface area contributed by atoms with Gasteiger partial charge in [0.2, 0.25) is 0 Å². The number of benzene rings is 1. The third-order valence-corrected chi connectivity index (χ3v) is 4.03. The lowest BCUT2D eigenvalue weighted by Gasteiger charge is -2.13. The largest absolute Gasteiger partial charge is 0.309 e. The number of hydrogen-bond donors (Lipinski definition) is 1. The van der Waals surface area contributed by atoms with Gasteiger partial charge in [-0.1, -0.05) is 25.1 Å². The van der Waals surface area contributed by atoms with E-state index in [0.717, 1.165) is 18.1 Å². The van der Waals surface area contributed by atoms with Crippen LogP contribution in [0.1, 0.15) is 32.0 Å². The first-order valence-corrected chi connectivity index (χ1v) is 6.86. The summed E-state index contributed by atoms with van der Waals surface area (Å²) in [5.41, 5.74) is 1.55. The molecule has 3 rings (SSSR count). The Morgan fingerprint density at radius 1 is 1.26 bits per heavy atom. The Morgan fingerprint density at radius 2 is 2.05 bits per heavy atom. The van der Waals surface area contributed by atoms with Gasteiger partial charge in [-0.25, -0.2) is 0 Å². The summed E-state index contributed by atoms with van der Waals surface area (Å²) >= 11 is 0. The molecule has 19 heavy (non-hydrogen) atoms. The van der Waals surface area contributed by atoms with E-state index in [1.165, 1.54) is 19.3 Å². The molecule has 0 unspecified atom stereocenters. The molecule has 1 aromatic carbocycles. The minimum atomic E-state index is 0.547. The standard InChI is InChI=1S/C14H19N5/c1-2-14(8-9-14)11-15-10-13-16-17-18-19(13)12-6-4-3-5-7-12/h3-7,15H,2,8-11H2,1H3. The van der Waals surface area contributed by atoms with E-state index in [1.54, 1.807) is 4.68 Å². The minimum absolute atomic E-state index is 0.547. The number of nitrogens with zero attached hydrogens (tertiary/aromatic N) is 4. The molecule has 100 valence electrons. The summed E-state index contributed by atoms with van der Waals surface area (Å²) in [6.07, 6.45) is 3.95. The monoisotopic (exact) mass is 257 g/mol. The molecule has 0 radical (unpaired) electrons. The lowest BCUT2D eigenvalue weighted by atomic mass is 10.0. The first kappa shape index (κ1) is 12.3. The highest BCUT2D eigenvalue weighted by Gasteiger charge is 2.39. The zero-order chi connectivity index (χ0) is 13.1. The Balaban J connectivity index is 1.64. The Labute approximate surface area is 113 Å². The molecule has 0 amide bonds. The predicted molar refractivity (Wildman–Crippen MR) is 72.8 cm³/mol. The van der Waals surface area contributed by atoms with Gasteiger partial charge < -0.3 is 5.32 Å². The smallest absolute Gasteiger partial charge is 0.170 e. The second kappa shape index (κ2) is 5.09. The van der Waals surface area contributed by atoms with Crippen molar-refractivity contribution < 1.29 is 0 Å². The molecule has 0 aliphatic heterocycles. The van der Waals surface area contributed by atoms with Gasteiger partial charge in [-0.15, -0.1) is 5.10 Å². The van der Waals surface area contributed by atoms with Crippen LogP contribution in [0, 0.1) is 5.41 Å². The van der Waals surface area contributed by atoms with Crippen molar-refractivity contribution in [2.45, 2.75) is 32.7 Å². The maximum absolute atomic E-state index is 4.10. The maximum Gasteiger partial charge on any atom is 0.170 e. The Hall–Kier alpha value is -1.75. The van der Waals surface area contributed by atoms with Gasteiger partial charge in [-0.2, -0.15) is 4.68 Å².